The Morgan fingerprint density at radius 3 is 2.69 bits per heavy atom. The van der Waals surface area contributed by atoms with Gasteiger partial charge in [0.25, 0.3) is 5.70 Å². The first-order chi connectivity index (χ1) is 6.13. The highest BCUT2D eigenvalue weighted by atomic mass is 16.6. The number of allylic oxidation sites excluding steroid dienone is 6. The number of rotatable bonds is 1. The standard InChI is InChI=1S/C9H10N2O2/c1-7-5-3-2-4-6-8(9(7)10)11(12)13/h2-6H,10H2,1H3/b3-2-,4-2?,5-3?,6-4+,7-5?,8-6?,9-7?,9-8?. The topological polar surface area (TPSA) is 69.2 Å². The molecule has 0 aromatic rings. The van der Waals surface area contributed by atoms with Gasteiger partial charge in [-0.25, -0.2) is 0 Å². The molecular formula is C9H10N2O2. The second-order valence-electron chi connectivity index (χ2n) is 2.65. The van der Waals surface area contributed by atoms with Crippen molar-refractivity contribution in [2.75, 3.05) is 0 Å². The summed E-state index contributed by atoms with van der Waals surface area (Å²) in [5.41, 5.74) is 6.43. The quantitative estimate of drug-likeness (QED) is 0.488. The van der Waals surface area contributed by atoms with Crippen molar-refractivity contribution in [2.24, 2.45) is 5.73 Å². The first-order valence-corrected chi connectivity index (χ1v) is 3.79. The minimum atomic E-state index is -0.484. The Balaban J connectivity index is 3.21. The fraction of sp³-hybridized carbons (Fsp3) is 0.111. The van der Waals surface area contributed by atoms with Crippen LogP contribution in [0.5, 0.6) is 0 Å². The highest BCUT2D eigenvalue weighted by molar-refractivity contribution is 5.38. The smallest absolute Gasteiger partial charge is 0.292 e. The second-order valence-corrected chi connectivity index (χ2v) is 2.65. The molecule has 1 aliphatic carbocycles. The summed E-state index contributed by atoms with van der Waals surface area (Å²) >= 11 is 0. The third-order valence-electron chi connectivity index (χ3n) is 1.72. The molecule has 0 bridgehead atoms. The van der Waals surface area contributed by atoms with Crippen LogP contribution in [0.3, 0.4) is 0 Å². The van der Waals surface area contributed by atoms with Gasteiger partial charge in [-0.3, -0.25) is 10.1 Å². The second kappa shape index (κ2) is 3.71. The monoisotopic (exact) mass is 178 g/mol. The average Bonchev–Trinajstić information content (AvgIpc) is 2.06. The zero-order valence-electron chi connectivity index (χ0n) is 7.23. The predicted octanol–water partition coefficient (Wildman–Crippen LogP) is 1.51. The van der Waals surface area contributed by atoms with Crippen LogP contribution in [0.1, 0.15) is 6.92 Å². The molecule has 13 heavy (non-hydrogen) atoms. The number of nitro groups is 1. The van der Waals surface area contributed by atoms with Crippen molar-refractivity contribution in [1.82, 2.24) is 0 Å². The first kappa shape index (κ1) is 9.25. The number of hydrogen-bond donors (Lipinski definition) is 1. The molecule has 4 heteroatoms. The molecule has 4 nitrogen and oxygen atoms in total. The molecule has 0 radical (unpaired) electrons. The van der Waals surface area contributed by atoms with Crippen LogP contribution in [-0.2, 0) is 0 Å². The van der Waals surface area contributed by atoms with E-state index in [1.165, 1.54) is 6.08 Å². The SMILES string of the molecule is CC1=C/C=C\C=C\C([N+](=O)[O-])=C1N. The van der Waals surface area contributed by atoms with Gasteiger partial charge in [0.05, 0.1) is 4.92 Å². The maximum Gasteiger partial charge on any atom is 0.292 e. The molecule has 1 aliphatic rings. The third-order valence-corrected chi connectivity index (χ3v) is 1.72. The first-order valence-electron chi connectivity index (χ1n) is 3.79. The Morgan fingerprint density at radius 1 is 1.38 bits per heavy atom. The summed E-state index contributed by atoms with van der Waals surface area (Å²) in [5, 5.41) is 10.5. The molecule has 0 aromatic heterocycles. The highest BCUT2D eigenvalue weighted by Crippen LogP contribution is 2.13. The minimum Gasteiger partial charge on any atom is -0.393 e. The van der Waals surface area contributed by atoms with E-state index in [2.05, 4.69) is 0 Å². The molecule has 0 aromatic carbocycles. The fourth-order valence-electron chi connectivity index (χ4n) is 0.952. The summed E-state index contributed by atoms with van der Waals surface area (Å²) in [7, 11) is 0. The molecule has 0 spiro atoms. The Bertz CT molecular complexity index is 349. The van der Waals surface area contributed by atoms with Gasteiger partial charge in [-0.2, -0.15) is 0 Å². The molecule has 0 atom stereocenters. The van der Waals surface area contributed by atoms with E-state index in [-0.39, 0.29) is 11.4 Å². The largest absolute Gasteiger partial charge is 0.393 e. The maximum atomic E-state index is 10.5. The minimum absolute atomic E-state index is 0.0573. The summed E-state index contributed by atoms with van der Waals surface area (Å²) in [6.07, 6.45) is 8.23. The van der Waals surface area contributed by atoms with Crippen molar-refractivity contribution in [1.29, 1.82) is 0 Å². The van der Waals surface area contributed by atoms with Crippen molar-refractivity contribution < 1.29 is 4.92 Å². The fourth-order valence-corrected chi connectivity index (χ4v) is 0.952. The van der Waals surface area contributed by atoms with Crippen LogP contribution in [0.25, 0.3) is 0 Å². The number of hydrogen-bond acceptors (Lipinski definition) is 3. The van der Waals surface area contributed by atoms with Crippen LogP contribution in [-0.4, -0.2) is 4.92 Å². The Hall–Kier alpha value is -1.84. The summed E-state index contributed by atoms with van der Waals surface area (Å²) in [4.78, 5) is 10.1. The average molecular weight is 178 g/mol. The van der Waals surface area contributed by atoms with Crippen molar-refractivity contribution in [3.8, 4) is 0 Å². The van der Waals surface area contributed by atoms with E-state index >= 15 is 0 Å². The maximum absolute atomic E-state index is 10.5. The van der Waals surface area contributed by atoms with Gasteiger partial charge < -0.3 is 5.73 Å². The summed E-state index contributed by atoms with van der Waals surface area (Å²) in [6.45, 7) is 1.74. The van der Waals surface area contributed by atoms with E-state index in [9.17, 15) is 10.1 Å². The molecule has 2 N–H and O–H groups in total. The van der Waals surface area contributed by atoms with E-state index in [1.54, 1.807) is 31.2 Å². The van der Waals surface area contributed by atoms with Gasteiger partial charge in [0.15, 0.2) is 0 Å². The lowest BCUT2D eigenvalue weighted by molar-refractivity contribution is -0.420. The Morgan fingerprint density at radius 2 is 2.08 bits per heavy atom. The lowest BCUT2D eigenvalue weighted by Crippen LogP contribution is -2.09. The van der Waals surface area contributed by atoms with E-state index in [1.807, 2.05) is 0 Å². The normalized spacial score (nSPS) is 21.5. The van der Waals surface area contributed by atoms with Crippen LogP contribution in [0, 0.1) is 10.1 Å². The van der Waals surface area contributed by atoms with Gasteiger partial charge in [-0.1, -0.05) is 24.3 Å². The van der Waals surface area contributed by atoms with Crippen molar-refractivity contribution in [3.05, 3.63) is 57.5 Å². The van der Waals surface area contributed by atoms with Crippen LogP contribution >= 0.6 is 0 Å². The van der Waals surface area contributed by atoms with Gasteiger partial charge in [-0.15, -0.1) is 0 Å². The summed E-state index contributed by atoms with van der Waals surface area (Å²) in [5.74, 6) is 0. The van der Waals surface area contributed by atoms with Crippen LogP contribution < -0.4 is 5.73 Å². The lowest BCUT2D eigenvalue weighted by atomic mass is 10.1. The number of nitrogens with two attached hydrogens (primary N) is 1. The molecule has 0 fully saturated rings. The van der Waals surface area contributed by atoms with E-state index < -0.39 is 4.92 Å². The van der Waals surface area contributed by atoms with Gasteiger partial charge in [0.1, 0.15) is 5.70 Å². The van der Waals surface area contributed by atoms with Gasteiger partial charge in [0.2, 0.25) is 0 Å². The van der Waals surface area contributed by atoms with Gasteiger partial charge in [0, 0.05) is 6.08 Å². The van der Waals surface area contributed by atoms with Gasteiger partial charge >= 0.3 is 0 Å². The molecule has 0 amide bonds. The molecule has 0 unspecified atom stereocenters. The highest BCUT2D eigenvalue weighted by Gasteiger charge is 2.13. The van der Waals surface area contributed by atoms with Crippen LogP contribution in [0.15, 0.2) is 47.3 Å². The Kier molecular flexibility index (Phi) is 2.64. The van der Waals surface area contributed by atoms with Gasteiger partial charge in [-0.05, 0) is 12.5 Å². The summed E-state index contributed by atoms with van der Waals surface area (Å²) in [6, 6.07) is 0. The lowest BCUT2D eigenvalue weighted by Gasteiger charge is -2.01. The molecule has 0 aliphatic heterocycles. The molecule has 1 rings (SSSR count). The Labute approximate surface area is 75.9 Å². The molecule has 68 valence electrons. The molecule has 0 saturated heterocycles. The zero-order valence-corrected chi connectivity index (χ0v) is 7.23. The molecule has 0 saturated carbocycles. The predicted molar refractivity (Wildman–Crippen MR) is 50.2 cm³/mol. The number of nitrogens with zero attached hydrogens (tertiary/aromatic N) is 1. The third kappa shape index (κ3) is 2.05. The van der Waals surface area contributed by atoms with E-state index in [0.29, 0.717) is 5.57 Å². The van der Waals surface area contributed by atoms with Crippen molar-refractivity contribution in [3.63, 3.8) is 0 Å². The van der Waals surface area contributed by atoms with E-state index in [4.69, 9.17) is 5.73 Å². The van der Waals surface area contributed by atoms with E-state index in [0.717, 1.165) is 0 Å². The van der Waals surface area contributed by atoms with Crippen molar-refractivity contribution in [2.45, 2.75) is 6.92 Å². The molecule has 0 heterocycles. The molecular weight excluding hydrogens is 168 g/mol. The van der Waals surface area contributed by atoms with Crippen LogP contribution in [0.4, 0.5) is 0 Å². The summed E-state index contributed by atoms with van der Waals surface area (Å²) < 4.78 is 0. The van der Waals surface area contributed by atoms with Crippen LogP contribution in [0.2, 0.25) is 0 Å². The van der Waals surface area contributed by atoms with Crippen molar-refractivity contribution >= 4 is 0 Å². The zero-order chi connectivity index (χ0) is 9.84.